The van der Waals surface area contributed by atoms with Crippen molar-refractivity contribution in [2.75, 3.05) is 0 Å². The van der Waals surface area contributed by atoms with E-state index in [9.17, 15) is 0 Å². The molecule has 0 amide bonds. The largest absolute Gasteiger partial charge is 0.270 e. The molecule has 0 aliphatic heterocycles. The first kappa shape index (κ1) is 22.5. The summed E-state index contributed by atoms with van der Waals surface area (Å²) in [6, 6.07) is 0. The van der Waals surface area contributed by atoms with Crippen molar-refractivity contribution in [1.29, 1.82) is 0 Å². The molecule has 0 bridgehead atoms. The molecule has 10 heavy (non-hydrogen) atoms. The standard InChI is InChI=1S/C6H7.3FH.Hf/c1-6-4-2-3-5-6;;;;/h2,4H,3H2,1H3;3*1H;/q-1;;;;. The maximum atomic E-state index is 3.12. The Labute approximate surface area is 77.3 Å². The second kappa shape index (κ2) is 11.9. The summed E-state index contributed by atoms with van der Waals surface area (Å²) in [6.45, 7) is 2.06. The molecule has 4 heteroatoms. The van der Waals surface area contributed by atoms with Crippen molar-refractivity contribution in [3.05, 3.63) is 23.8 Å². The van der Waals surface area contributed by atoms with Crippen molar-refractivity contribution < 1.29 is 40.0 Å². The average Bonchev–Trinajstić information content (AvgIpc) is 1.86. The summed E-state index contributed by atoms with van der Waals surface area (Å²) < 4.78 is 0. The zero-order valence-corrected chi connectivity index (χ0v) is 9.18. The molecule has 60 valence electrons. The van der Waals surface area contributed by atoms with Crippen LogP contribution in [0.25, 0.3) is 0 Å². The van der Waals surface area contributed by atoms with Gasteiger partial charge in [-0.1, -0.05) is 6.92 Å². The zero-order chi connectivity index (χ0) is 4.41. The molecule has 0 saturated carbocycles. The van der Waals surface area contributed by atoms with Crippen LogP contribution in [0.2, 0.25) is 0 Å². The number of hydrogen-bond acceptors (Lipinski definition) is 0. The smallest absolute Gasteiger partial charge is 0 e. The Balaban J connectivity index is -0.0000000450. The fraction of sp³-hybridized carbons (Fsp3) is 0.333. The van der Waals surface area contributed by atoms with Crippen LogP contribution in [0.5, 0.6) is 0 Å². The molecule has 0 aromatic carbocycles. The van der Waals surface area contributed by atoms with E-state index in [0.717, 1.165) is 6.42 Å². The van der Waals surface area contributed by atoms with Gasteiger partial charge in [-0.25, -0.2) is 11.6 Å². The van der Waals surface area contributed by atoms with E-state index >= 15 is 0 Å². The Bertz CT molecular complexity index is 107. The molecule has 0 radical (unpaired) electrons. The van der Waals surface area contributed by atoms with E-state index in [1.807, 2.05) is 0 Å². The molecule has 1 rings (SSSR count). The van der Waals surface area contributed by atoms with Crippen LogP contribution < -0.4 is 0 Å². The van der Waals surface area contributed by atoms with Crippen LogP contribution in [0.4, 0.5) is 14.1 Å². The first-order valence-electron chi connectivity index (χ1n) is 2.13. The van der Waals surface area contributed by atoms with Gasteiger partial charge in [0, 0.05) is 25.8 Å². The molecule has 0 saturated heterocycles. The summed E-state index contributed by atoms with van der Waals surface area (Å²) in [7, 11) is 0. The van der Waals surface area contributed by atoms with Crippen LogP contribution in [0.15, 0.2) is 17.7 Å². The van der Waals surface area contributed by atoms with Gasteiger partial charge in [-0.15, -0.1) is 6.42 Å². The van der Waals surface area contributed by atoms with Gasteiger partial charge in [-0.2, -0.15) is 6.08 Å². The predicted molar refractivity (Wildman–Crippen MR) is 33.7 cm³/mol. The SMILES string of the molecule is CC1=[C-]CC=C1.F.F.F.[Hf]. The van der Waals surface area contributed by atoms with Gasteiger partial charge in [0.2, 0.25) is 0 Å². The van der Waals surface area contributed by atoms with E-state index in [1.54, 1.807) is 0 Å². The van der Waals surface area contributed by atoms with Gasteiger partial charge in [-0.05, 0) is 0 Å². The van der Waals surface area contributed by atoms with Crippen molar-refractivity contribution in [3.63, 3.8) is 0 Å². The van der Waals surface area contributed by atoms with Gasteiger partial charge in [0.1, 0.15) is 0 Å². The maximum absolute atomic E-state index is 3.12. The molecule has 0 N–H and O–H groups in total. The Kier molecular flexibility index (Phi) is 26.7. The average molecular weight is 318 g/mol. The molecule has 0 unspecified atom stereocenters. The molecule has 0 aromatic rings. The summed E-state index contributed by atoms with van der Waals surface area (Å²) in [4.78, 5) is 0. The van der Waals surface area contributed by atoms with Gasteiger partial charge in [0.05, 0.1) is 0 Å². The van der Waals surface area contributed by atoms with Crippen molar-refractivity contribution in [1.82, 2.24) is 0 Å². The van der Waals surface area contributed by atoms with E-state index in [1.165, 1.54) is 5.57 Å². The Morgan fingerprint density at radius 2 is 1.80 bits per heavy atom. The van der Waals surface area contributed by atoms with Crippen LogP contribution in [0, 0.1) is 6.08 Å². The van der Waals surface area contributed by atoms with Gasteiger partial charge >= 0.3 is 0 Å². The predicted octanol–water partition coefficient (Wildman–Crippen LogP) is 2.15. The monoisotopic (exact) mass is 319 g/mol. The molecular formula is C6H10F3Hf-. The minimum Gasteiger partial charge on any atom is -0.270 e. The quantitative estimate of drug-likeness (QED) is 0.474. The summed E-state index contributed by atoms with van der Waals surface area (Å²) in [5, 5.41) is 0. The fourth-order valence-electron chi connectivity index (χ4n) is 0.515. The second-order valence-electron chi connectivity index (χ2n) is 1.47. The van der Waals surface area contributed by atoms with Crippen LogP contribution in [-0.4, -0.2) is 0 Å². The Morgan fingerprint density at radius 3 is 1.90 bits per heavy atom. The first-order chi connectivity index (χ1) is 2.89. The maximum Gasteiger partial charge on any atom is 0 e. The number of halogens is 3. The molecular weight excluding hydrogens is 308 g/mol. The summed E-state index contributed by atoms with van der Waals surface area (Å²) in [6.07, 6.45) is 8.33. The van der Waals surface area contributed by atoms with E-state index in [0.29, 0.717) is 0 Å². The van der Waals surface area contributed by atoms with Crippen molar-refractivity contribution in [3.8, 4) is 0 Å². The summed E-state index contributed by atoms with van der Waals surface area (Å²) in [5.41, 5.74) is 1.27. The molecule has 0 nitrogen and oxygen atoms in total. The fourth-order valence-corrected chi connectivity index (χ4v) is 0.515. The van der Waals surface area contributed by atoms with Crippen LogP contribution in [-0.2, 0) is 25.8 Å². The molecule has 0 aromatic heterocycles. The summed E-state index contributed by atoms with van der Waals surface area (Å²) >= 11 is 0. The molecule has 0 atom stereocenters. The minimum atomic E-state index is 0. The Morgan fingerprint density at radius 1 is 1.30 bits per heavy atom. The van der Waals surface area contributed by atoms with Gasteiger partial charge < -0.3 is 0 Å². The van der Waals surface area contributed by atoms with E-state index < -0.39 is 0 Å². The van der Waals surface area contributed by atoms with Crippen molar-refractivity contribution >= 4 is 0 Å². The van der Waals surface area contributed by atoms with Gasteiger partial charge in [0.25, 0.3) is 0 Å². The molecule has 0 spiro atoms. The van der Waals surface area contributed by atoms with Crippen LogP contribution in [0.3, 0.4) is 0 Å². The Hall–Kier alpha value is 0.140. The number of allylic oxidation sites excluding steroid dienone is 4. The van der Waals surface area contributed by atoms with Gasteiger partial charge in [-0.3, -0.25) is 20.2 Å². The number of rotatable bonds is 0. The number of hydrogen-bond donors (Lipinski definition) is 0. The van der Waals surface area contributed by atoms with Crippen molar-refractivity contribution in [2.45, 2.75) is 13.3 Å². The van der Waals surface area contributed by atoms with Crippen LogP contribution >= 0.6 is 0 Å². The third-order valence-electron chi connectivity index (χ3n) is 0.867. The normalized spacial score (nSPS) is 11.1. The second-order valence-corrected chi connectivity index (χ2v) is 1.47. The zero-order valence-electron chi connectivity index (χ0n) is 5.59. The van der Waals surface area contributed by atoms with E-state index in [-0.39, 0.29) is 40.0 Å². The third kappa shape index (κ3) is 8.14. The van der Waals surface area contributed by atoms with E-state index in [2.05, 4.69) is 25.2 Å². The van der Waals surface area contributed by atoms with E-state index in [4.69, 9.17) is 0 Å². The molecule has 0 heterocycles. The molecule has 1 aliphatic rings. The topological polar surface area (TPSA) is 0 Å². The third-order valence-corrected chi connectivity index (χ3v) is 0.867. The molecule has 1 aliphatic carbocycles. The first-order valence-corrected chi connectivity index (χ1v) is 2.13. The van der Waals surface area contributed by atoms with Gasteiger partial charge in [0.15, 0.2) is 0 Å². The van der Waals surface area contributed by atoms with Crippen molar-refractivity contribution in [2.24, 2.45) is 0 Å². The minimum absolute atomic E-state index is 0. The van der Waals surface area contributed by atoms with Crippen LogP contribution in [0.1, 0.15) is 13.3 Å². The molecule has 0 fully saturated rings. The summed E-state index contributed by atoms with van der Waals surface area (Å²) in [5.74, 6) is 0.